The second-order valence-corrected chi connectivity index (χ2v) is 4.09. The quantitative estimate of drug-likeness (QED) is 0.658. The number of fused-ring (bicyclic) bond motifs is 1. The van der Waals surface area contributed by atoms with Gasteiger partial charge in [0.2, 0.25) is 0 Å². The van der Waals surface area contributed by atoms with Gasteiger partial charge in [0.15, 0.2) is 0 Å². The second kappa shape index (κ2) is 3.56. The molecule has 0 amide bonds. The van der Waals surface area contributed by atoms with Crippen LogP contribution in [-0.2, 0) is 12.8 Å². The van der Waals surface area contributed by atoms with E-state index in [4.69, 9.17) is 0 Å². The normalized spacial score (nSPS) is 15.7. The summed E-state index contributed by atoms with van der Waals surface area (Å²) in [5, 5.41) is 4.59. The van der Waals surface area contributed by atoms with Gasteiger partial charge in [-0.2, -0.15) is 5.10 Å². The predicted octanol–water partition coefficient (Wildman–Crippen LogP) is 2.00. The van der Waals surface area contributed by atoms with Crippen LogP contribution in [0.15, 0.2) is 4.99 Å². The van der Waals surface area contributed by atoms with Crippen molar-refractivity contribution in [2.45, 2.75) is 39.2 Å². The molecule has 1 aromatic heterocycles. The van der Waals surface area contributed by atoms with Crippen LogP contribution < -0.4 is 0 Å². The Morgan fingerprint density at radius 2 is 2.21 bits per heavy atom. The second-order valence-electron chi connectivity index (χ2n) is 4.09. The van der Waals surface area contributed by atoms with E-state index >= 15 is 0 Å². The zero-order valence-electron chi connectivity index (χ0n) is 9.12. The van der Waals surface area contributed by atoms with Crippen LogP contribution in [0.25, 0.3) is 0 Å². The lowest BCUT2D eigenvalue weighted by Gasteiger charge is -2.08. The first-order chi connectivity index (χ1) is 6.74. The molecule has 0 spiro atoms. The first-order valence-electron chi connectivity index (χ1n) is 5.26. The van der Waals surface area contributed by atoms with Crippen LogP contribution in [0.4, 0.5) is 0 Å². The highest BCUT2D eigenvalue weighted by Gasteiger charge is 2.22. The van der Waals surface area contributed by atoms with Gasteiger partial charge >= 0.3 is 0 Å². The largest absolute Gasteiger partial charge is 0.294 e. The van der Waals surface area contributed by atoms with Gasteiger partial charge in [0.1, 0.15) is 5.69 Å². The highest BCUT2D eigenvalue weighted by molar-refractivity contribution is 5.79. The molecule has 0 bridgehead atoms. The minimum absolute atomic E-state index is 0.459. The number of nitrogens with zero attached hydrogens (tertiary/aromatic N) is 3. The predicted molar refractivity (Wildman–Crippen MR) is 58.2 cm³/mol. The molecule has 2 rings (SSSR count). The monoisotopic (exact) mass is 191 g/mol. The highest BCUT2D eigenvalue weighted by Crippen LogP contribution is 2.26. The number of hydrogen-bond acceptors (Lipinski definition) is 2. The number of hydrogen-bond donors (Lipinski definition) is 0. The molecule has 0 N–H and O–H groups in total. The summed E-state index contributed by atoms with van der Waals surface area (Å²) in [4.78, 5) is 4.06. The van der Waals surface area contributed by atoms with E-state index in [0.29, 0.717) is 6.04 Å². The van der Waals surface area contributed by atoms with Crippen molar-refractivity contribution in [3.8, 4) is 0 Å². The van der Waals surface area contributed by atoms with E-state index in [-0.39, 0.29) is 0 Å². The van der Waals surface area contributed by atoms with Crippen LogP contribution in [0.1, 0.15) is 43.3 Å². The van der Waals surface area contributed by atoms with Gasteiger partial charge in [0, 0.05) is 30.6 Å². The van der Waals surface area contributed by atoms with Gasteiger partial charge in [-0.1, -0.05) is 0 Å². The maximum absolute atomic E-state index is 4.59. The molecule has 1 aliphatic rings. The van der Waals surface area contributed by atoms with Crippen molar-refractivity contribution < 1.29 is 0 Å². The van der Waals surface area contributed by atoms with Gasteiger partial charge in [-0.15, -0.1) is 0 Å². The maximum atomic E-state index is 4.59. The summed E-state index contributed by atoms with van der Waals surface area (Å²) in [6.45, 7) is 4.36. The molecule has 1 aliphatic carbocycles. The fraction of sp³-hybridized carbons (Fsp3) is 0.636. The molecule has 0 radical (unpaired) electrons. The Labute approximate surface area is 84.8 Å². The van der Waals surface area contributed by atoms with E-state index < -0.39 is 0 Å². The van der Waals surface area contributed by atoms with E-state index in [9.17, 15) is 0 Å². The molecule has 14 heavy (non-hydrogen) atoms. The molecule has 0 saturated carbocycles. The van der Waals surface area contributed by atoms with Gasteiger partial charge < -0.3 is 0 Å². The van der Waals surface area contributed by atoms with Crippen LogP contribution in [-0.4, -0.2) is 23.0 Å². The van der Waals surface area contributed by atoms with Crippen molar-refractivity contribution in [2.75, 3.05) is 7.05 Å². The van der Waals surface area contributed by atoms with E-state index in [1.807, 2.05) is 6.21 Å². The number of aromatic nitrogens is 2. The lowest BCUT2D eigenvalue weighted by atomic mass is 10.2. The van der Waals surface area contributed by atoms with E-state index in [1.54, 1.807) is 7.05 Å². The van der Waals surface area contributed by atoms with Gasteiger partial charge in [-0.25, -0.2) is 0 Å². The fourth-order valence-electron chi connectivity index (χ4n) is 2.15. The van der Waals surface area contributed by atoms with Crippen LogP contribution in [0, 0.1) is 0 Å². The number of rotatable bonds is 2. The summed E-state index contributed by atoms with van der Waals surface area (Å²) in [6, 6.07) is 0.459. The molecule has 0 fully saturated rings. The molecule has 76 valence electrons. The fourth-order valence-corrected chi connectivity index (χ4v) is 2.15. The van der Waals surface area contributed by atoms with Crippen molar-refractivity contribution >= 4 is 6.21 Å². The van der Waals surface area contributed by atoms with Gasteiger partial charge in [-0.3, -0.25) is 9.67 Å². The highest BCUT2D eigenvalue weighted by atomic mass is 15.3. The van der Waals surface area contributed by atoms with Crippen LogP contribution in [0.5, 0.6) is 0 Å². The summed E-state index contributed by atoms with van der Waals surface area (Å²) < 4.78 is 2.15. The average Bonchev–Trinajstić information content (AvgIpc) is 2.67. The molecule has 1 aromatic rings. The standard InChI is InChI=1S/C11H17N3/c1-8(2)14-11-6-4-5-9(11)10(13-14)7-12-3/h7-8H,4-6H2,1-3H3. The molecule has 3 heteroatoms. The summed E-state index contributed by atoms with van der Waals surface area (Å²) in [6.07, 6.45) is 5.50. The summed E-state index contributed by atoms with van der Waals surface area (Å²) >= 11 is 0. The topological polar surface area (TPSA) is 30.2 Å². The Hall–Kier alpha value is -1.12. The Kier molecular flexibility index (Phi) is 2.40. The van der Waals surface area contributed by atoms with Gasteiger partial charge in [0.05, 0.1) is 0 Å². The van der Waals surface area contributed by atoms with Crippen LogP contribution in [0.2, 0.25) is 0 Å². The molecule has 0 aromatic carbocycles. The number of aliphatic imine (C=N–C) groups is 1. The third-order valence-electron chi connectivity index (χ3n) is 2.73. The van der Waals surface area contributed by atoms with Crippen LogP contribution >= 0.6 is 0 Å². The van der Waals surface area contributed by atoms with Crippen molar-refractivity contribution in [3.63, 3.8) is 0 Å². The van der Waals surface area contributed by atoms with Crippen molar-refractivity contribution in [1.82, 2.24) is 9.78 Å². The Bertz CT molecular complexity index is 361. The minimum Gasteiger partial charge on any atom is -0.294 e. The Balaban J connectivity index is 2.49. The third kappa shape index (κ3) is 1.37. The van der Waals surface area contributed by atoms with Gasteiger partial charge in [0.25, 0.3) is 0 Å². The molecule has 0 atom stereocenters. The first-order valence-corrected chi connectivity index (χ1v) is 5.26. The lowest BCUT2D eigenvalue weighted by molar-refractivity contribution is 0.510. The van der Waals surface area contributed by atoms with Crippen molar-refractivity contribution in [1.29, 1.82) is 0 Å². The van der Waals surface area contributed by atoms with E-state index in [1.165, 1.54) is 30.5 Å². The third-order valence-corrected chi connectivity index (χ3v) is 2.73. The smallest absolute Gasteiger partial charge is 0.106 e. The Morgan fingerprint density at radius 3 is 2.86 bits per heavy atom. The van der Waals surface area contributed by atoms with Gasteiger partial charge in [-0.05, 0) is 33.1 Å². The van der Waals surface area contributed by atoms with E-state index in [2.05, 4.69) is 28.6 Å². The van der Waals surface area contributed by atoms with Crippen LogP contribution in [0.3, 0.4) is 0 Å². The van der Waals surface area contributed by atoms with Crippen molar-refractivity contribution in [2.24, 2.45) is 4.99 Å². The van der Waals surface area contributed by atoms with E-state index in [0.717, 1.165) is 5.69 Å². The Morgan fingerprint density at radius 1 is 1.43 bits per heavy atom. The maximum Gasteiger partial charge on any atom is 0.106 e. The summed E-state index contributed by atoms with van der Waals surface area (Å²) in [5.74, 6) is 0. The molecule has 0 unspecified atom stereocenters. The minimum atomic E-state index is 0.459. The first kappa shape index (κ1) is 9.44. The lowest BCUT2D eigenvalue weighted by Crippen LogP contribution is -2.06. The zero-order chi connectivity index (χ0) is 10.1. The average molecular weight is 191 g/mol. The SMILES string of the molecule is CN=Cc1nn(C(C)C)c2c1CCC2. The summed E-state index contributed by atoms with van der Waals surface area (Å²) in [5.41, 5.74) is 3.92. The molecular weight excluding hydrogens is 174 g/mol. The molecule has 3 nitrogen and oxygen atoms in total. The van der Waals surface area contributed by atoms with Crippen molar-refractivity contribution in [3.05, 3.63) is 17.0 Å². The zero-order valence-corrected chi connectivity index (χ0v) is 9.12. The molecular formula is C11H17N3. The summed E-state index contributed by atoms with van der Waals surface area (Å²) in [7, 11) is 1.80. The molecule has 1 heterocycles. The molecule has 0 saturated heterocycles. The molecule has 0 aliphatic heterocycles.